The average Bonchev–Trinajstić information content (AvgIpc) is 2.68. The molecule has 1 fully saturated rings. The average molecular weight is 373 g/mol. The minimum absolute atomic E-state index is 0.112. The van der Waals surface area contributed by atoms with Crippen LogP contribution in [0.4, 0.5) is 15.8 Å². The van der Waals surface area contributed by atoms with E-state index in [2.05, 4.69) is 5.32 Å². The summed E-state index contributed by atoms with van der Waals surface area (Å²) in [7, 11) is 0. The summed E-state index contributed by atoms with van der Waals surface area (Å²) < 4.78 is 18.3. The molecule has 1 amide bonds. The standard InChI is InChI=1S/C19H20FN3O4/c1-13(14-2-5-16(20)6-3-14)21-19(24)15-4-7-17(18(12-15)23(25)26)22-8-10-27-11-9-22/h2-7,12-13H,8-11H2,1H3,(H,21,24). The smallest absolute Gasteiger partial charge is 0.293 e. The van der Waals surface area contributed by atoms with Crippen LogP contribution >= 0.6 is 0 Å². The fourth-order valence-corrected chi connectivity index (χ4v) is 3.00. The number of hydrogen-bond acceptors (Lipinski definition) is 5. The molecule has 27 heavy (non-hydrogen) atoms. The van der Waals surface area contributed by atoms with Crippen molar-refractivity contribution in [2.75, 3.05) is 31.2 Å². The number of ether oxygens (including phenoxy) is 1. The predicted molar refractivity (Wildman–Crippen MR) is 98.4 cm³/mol. The van der Waals surface area contributed by atoms with E-state index in [4.69, 9.17) is 4.74 Å². The molecule has 1 atom stereocenters. The highest BCUT2D eigenvalue weighted by Gasteiger charge is 2.23. The number of nitro groups is 1. The zero-order valence-corrected chi connectivity index (χ0v) is 14.9. The molecule has 1 N–H and O–H groups in total. The summed E-state index contributed by atoms with van der Waals surface area (Å²) in [5.74, 6) is -0.782. The summed E-state index contributed by atoms with van der Waals surface area (Å²) in [6.07, 6.45) is 0. The first-order chi connectivity index (χ1) is 13.0. The van der Waals surface area contributed by atoms with Crippen LogP contribution < -0.4 is 10.2 Å². The number of nitrogens with zero attached hydrogens (tertiary/aromatic N) is 2. The fourth-order valence-electron chi connectivity index (χ4n) is 3.00. The Labute approximate surface area is 155 Å². The van der Waals surface area contributed by atoms with Gasteiger partial charge in [0.1, 0.15) is 11.5 Å². The normalized spacial score (nSPS) is 15.3. The Morgan fingerprint density at radius 1 is 1.22 bits per heavy atom. The highest BCUT2D eigenvalue weighted by molar-refractivity contribution is 5.96. The number of benzene rings is 2. The molecule has 142 valence electrons. The molecule has 0 aromatic heterocycles. The van der Waals surface area contributed by atoms with Gasteiger partial charge in [-0.2, -0.15) is 0 Å². The summed E-state index contributed by atoms with van der Waals surface area (Å²) in [4.78, 5) is 25.4. The quantitative estimate of drug-likeness (QED) is 0.643. The number of hydrogen-bond donors (Lipinski definition) is 1. The molecule has 1 saturated heterocycles. The van der Waals surface area contributed by atoms with E-state index in [-0.39, 0.29) is 23.1 Å². The van der Waals surface area contributed by atoms with Crippen molar-refractivity contribution in [3.8, 4) is 0 Å². The Morgan fingerprint density at radius 3 is 2.52 bits per heavy atom. The molecule has 2 aromatic carbocycles. The maximum atomic E-state index is 13.0. The zero-order valence-electron chi connectivity index (χ0n) is 14.9. The second-order valence-electron chi connectivity index (χ2n) is 6.31. The Morgan fingerprint density at radius 2 is 1.89 bits per heavy atom. The molecule has 2 aromatic rings. The van der Waals surface area contributed by atoms with Crippen LogP contribution in [0.1, 0.15) is 28.9 Å². The maximum Gasteiger partial charge on any atom is 0.293 e. The lowest BCUT2D eigenvalue weighted by Gasteiger charge is -2.28. The largest absolute Gasteiger partial charge is 0.378 e. The predicted octanol–water partition coefficient (Wildman–Crippen LogP) is 3.06. The Kier molecular flexibility index (Phi) is 5.66. The van der Waals surface area contributed by atoms with Gasteiger partial charge in [0.05, 0.1) is 24.2 Å². The molecule has 1 heterocycles. The van der Waals surface area contributed by atoms with Crippen molar-refractivity contribution in [3.63, 3.8) is 0 Å². The number of nitrogens with one attached hydrogen (secondary N) is 1. The molecule has 3 rings (SSSR count). The third-order valence-corrected chi connectivity index (χ3v) is 4.50. The van der Waals surface area contributed by atoms with E-state index in [9.17, 15) is 19.3 Å². The van der Waals surface area contributed by atoms with Gasteiger partial charge in [0.15, 0.2) is 0 Å². The first-order valence-electron chi connectivity index (χ1n) is 8.63. The highest BCUT2D eigenvalue weighted by Crippen LogP contribution is 2.30. The van der Waals surface area contributed by atoms with Gasteiger partial charge in [0.2, 0.25) is 0 Å². The van der Waals surface area contributed by atoms with Crippen LogP contribution in [0.3, 0.4) is 0 Å². The molecule has 1 aliphatic rings. The second kappa shape index (κ2) is 8.13. The van der Waals surface area contributed by atoms with Gasteiger partial charge in [0.25, 0.3) is 11.6 Å². The molecule has 7 nitrogen and oxygen atoms in total. The number of carbonyl (C=O) groups is 1. The first kappa shape index (κ1) is 18.8. The lowest BCUT2D eigenvalue weighted by Crippen LogP contribution is -2.36. The van der Waals surface area contributed by atoms with Crippen LogP contribution in [0.5, 0.6) is 0 Å². The van der Waals surface area contributed by atoms with Gasteiger partial charge >= 0.3 is 0 Å². The molecule has 0 aliphatic carbocycles. The molecule has 1 aliphatic heterocycles. The Hall–Kier alpha value is -3.00. The molecular weight excluding hydrogens is 353 g/mol. The number of morpholine rings is 1. The van der Waals surface area contributed by atoms with Gasteiger partial charge in [-0.25, -0.2) is 4.39 Å². The van der Waals surface area contributed by atoms with Crippen LogP contribution in [-0.2, 0) is 4.74 Å². The number of nitro benzene ring substituents is 1. The van der Waals surface area contributed by atoms with E-state index < -0.39 is 10.8 Å². The van der Waals surface area contributed by atoms with Crippen molar-refractivity contribution in [3.05, 3.63) is 69.5 Å². The molecule has 0 radical (unpaired) electrons. The fraction of sp³-hybridized carbons (Fsp3) is 0.316. The van der Waals surface area contributed by atoms with Gasteiger partial charge in [0, 0.05) is 24.7 Å². The maximum absolute atomic E-state index is 13.0. The van der Waals surface area contributed by atoms with E-state index in [1.807, 2.05) is 4.90 Å². The van der Waals surface area contributed by atoms with E-state index in [0.717, 1.165) is 5.56 Å². The van der Waals surface area contributed by atoms with Crippen LogP contribution in [0.15, 0.2) is 42.5 Å². The summed E-state index contributed by atoms with van der Waals surface area (Å²) >= 11 is 0. The number of anilines is 1. The molecule has 0 bridgehead atoms. The number of amides is 1. The van der Waals surface area contributed by atoms with E-state index in [0.29, 0.717) is 32.0 Å². The summed E-state index contributed by atoms with van der Waals surface area (Å²) in [5, 5.41) is 14.3. The number of halogens is 1. The van der Waals surface area contributed by atoms with E-state index in [1.54, 1.807) is 31.2 Å². The lowest BCUT2D eigenvalue weighted by molar-refractivity contribution is -0.384. The van der Waals surface area contributed by atoms with Crippen LogP contribution in [0, 0.1) is 15.9 Å². The van der Waals surface area contributed by atoms with Crippen molar-refractivity contribution < 1.29 is 18.8 Å². The van der Waals surface area contributed by atoms with E-state index >= 15 is 0 Å². The van der Waals surface area contributed by atoms with Gasteiger partial charge in [-0.3, -0.25) is 14.9 Å². The summed E-state index contributed by atoms with van der Waals surface area (Å²) in [5.41, 5.74) is 1.31. The number of carbonyl (C=O) groups excluding carboxylic acids is 1. The van der Waals surface area contributed by atoms with Gasteiger partial charge in [-0.15, -0.1) is 0 Å². The van der Waals surface area contributed by atoms with Crippen LogP contribution in [-0.4, -0.2) is 37.1 Å². The Balaban J connectivity index is 1.79. The van der Waals surface area contributed by atoms with Crippen LogP contribution in [0.2, 0.25) is 0 Å². The van der Waals surface area contributed by atoms with Crippen molar-refractivity contribution in [2.24, 2.45) is 0 Å². The SMILES string of the molecule is CC(NC(=O)c1ccc(N2CCOCC2)c([N+](=O)[O-])c1)c1ccc(F)cc1. The van der Waals surface area contributed by atoms with Gasteiger partial charge < -0.3 is 15.0 Å². The summed E-state index contributed by atoms with van der Waals surface area (Å²) in [6.45, 7) is 3.91. The number of rotatable bonds is 5. The van der Waals surface area contributed by atoms with Crippen molar-refractivity contribution >= 4 is 17.3 Å². The van der Waals surface area contributed by atoms with Crippen molar-refractivity contribution in [2.45, 2.75) is 13.0 Å². The summed E-state index contributed by atoms with van der Waals surface area (Å²) in [6, 6.07) is 9.91. The van der Waals surface area contributed by atoms with Gasteiger partial charge in [-0.05, 0) is 36.8 Å². The minimum atomic E-state index is -0.481. The molecule has 0 saturated carbocycles. The topological polar surface area (TPSA) is 84.7 Å². The monoisotopic (exact) mass is 373 g/mol. The lowest BCUT2D eigenvalue weighted by atomic mass is 10.1. The second-order valence-corrected chi connectivity index (χ2v) is 6.31. The molecule has 1 unspecified atom stereocenters. The zero-order chi connectivity index (χ0) is 19.4. The third kappa shape index (κ3) is 4.40. The third-order valence-electron chi connectivity index (χ3n) is 4.50. The highest BCUT2D eigenvalue weighted by atomic mass is 19.1. The minimum Gasteiger partial charge on any atom is -0.378 e. The van der Waals surface area contributed by atoms with Crippen LogP contribution in [0.25, 0.3) is 0 Å². The first-order valence-corrected chi connectivity index (χ1v) is 8.63. The Bertz CT molecular complexity index is 835. The van der Waals surface area contributed by atoms with E-state index in [1.165, 1.54) is 18.2 Å². The molecule has 8 heteroatoms. The van der Waals surface area contributed by atoms with Crippen molar-refractivity contribution in [1.29, 1.82) is 0 Å². The molecule has 0 spiro atoms. The molecular formula is C19H20FN3O4. The van der Waals surface area contributed by atoms with Gasteiger partial charge in [-0.1, -0.05) is 12.1 Å². The van der Waals surface area contributed by atoms with Crippen molar-refractivity contribution in [1.82, 2.24) is 5.32 Å².